The van der Waals surface area contributed by atoms with Gasteiger partial charge in [-0.1, -0.05) is 37.3 Å². The van der Waals surface area contributed by atoms with Crippen LogP contribution >= 0.6 is 0 Å². The van der Waals surface area contributed by atoms with Gasteiger partial charge < -0.3 is 10.6 Å². The summed E-state index contributed by atoms with van der Waals surface area (Å²) in [4.78, 5) is 8.95. The maximum atomic E-state index is 9.21. The lowest BCUT2D eigenvalue weighted by atomic mass is 10.1. The van der Waals surface area contributed by atoms with Gasteiger partial charge in [0.1, 0.15) is 11.9 Å². The van der Waals surface area contributed by atoms with E-state index in [-0.39, 0.29) is 0 Å². The van der Waals surface area contributed by atoms with Crippen molar-refractivity contribution in [2.75, 3.05) is 10.6 Å². The average molecular weight is 329 g/mol. The molecule has 2 N–H and O–H groups in total. The van der Waals surface area contributed by atoms with Gasteiger partial charge in [-0.2, -0.15) is 10.2 Å². The maximum Gasteiger partial charge on any atom is 0.229 e. The summed E-state index contributed by atoms with van der Waals surface area (Å²) in [5, 5.41) is 15.7. The molecule has 5 nitrogen and oxygen atoms in total. The first kappa shape index (κ1) is 16.5. The third-order valence-electron chi connectivity index (χ3n) is 3.81. The van der Waals surface area contributed by atoms with E-state index in [1.807, 2.05) is 49.4 Å². The van der Waals surface area contributed by atoms with Crippen LogP contribution in [0.15, 0.2) is 54.6 Å². The molecule has 0 spiro atoms. The summed E-state index contributed by atoms with van der Waals surface area (Å²) >= 11 is 0. The summed E-state index contributed by atoms with van der Waals surface area (Å²) in [7, 11) is 0. The summed E-state index contributed by atoms with van der Waals surface area (Å²) in [5.41, 5.74) is 4.34. The smallest absolute Gasteiger partial charge is 0.229 e. The molecule has 0 aliphatic carbocycles. The van der Waals surface area contributed by atoms with E-state index in [0.717, 1.165) is 17.8 Å². The Morgan fingerprint density at radius 1 is 0.960 bits per heavy atom. The van der Waals surface area contributed by atoms with Gasteiger partial charge in [-0.25, -0.2) is 4.98 Å². The third kappa shape index (κ3) is 3.93. The van der Waals surface area contributed by atoms with Gasteiger partial charge in [0.05, 0.1) is 11.3 Å². The van der Waals surface area contributed by atoms with E-state index in [4.69, 9.17) is 0 Å². The Morgan fingerprint density at radius 2 is 1.68 bits per heavy atom. The van der Waals surface area contributed by atoms with Crippen molar-refractivity contribution in [3.63, 3.8) is 0 Å². The van der Waals surface area contributed by atoms with E-state index < -0.39 is 0 Å². The van der Waals surface area contributed by atoms with Crippen molar-refractivity contribution >= 4 is 23.1 Å². The number of para-hydroxylation sites is 2. The van der Waals surface area contributed by atoms with E-state index in [0.29, 0.717) is 23.0 Å². The summed E-state index contributed by atoms with van der Waals surface area (Å²) < 4.78 is 0. The highest BCUT2D eigenvalue weighted by atomic mass is 15.1. The predicted molar refractivity (Wildman–Crippen MR) is 100 cm³/mol. The number of nitrogens with one attached hydrogen (secondary N) is 2. The molecule has 3 rings (SSSR count). The zero-order valence-corrected chi connectivity index (χ0v) is 14.2. The first-order chi connectivity index (χ1) is 12.2. The Kier molecular flexibility index (Phi) is 4.91. The molecular weight excluding hydrogens is 310 g/mol. The van der Waals surface area contributed by atoms with Crippen LogP contribution in [0.25, 0.3) is 0 Å². The minimum absolute atomic E-state index is 0.458. The third-order valence-corrected chi connectivity index (χ3v) is 3.81. The molecule has 124 valence electrons. The Labute approximate surface area is 147 Å². The van der Waals surface area contributed by atoms with Gasteiger partial charge in [-0.05, 0) is 37.1 Å². The van der Waals surface area contributed by atoms with Gasteiger partial charge in [0.15, 0.2) is 0 Å². The second-order valence-corrected chi connectivity index (χ2v) is 5.64. The monoisotopic (exact) mass is 329 g/mol. The van der Waals surface area contributed by atoms with E-state index in [9.17, 15) is 5.26 Å². The van der Waals surface area contributed by atoms with E-state index >= 15 is 0 Å². The summed E-state index contributed by atoms with van der Waals surface area (Å²) in [6.45, 7) is 4.04. The summed E-state index contributed by atoms with van der Waals surface area (Å²) in [5.74, 6) is 1.17. The lowest BCUT2D eigenvalue weighted by Gasteiger charge is -2.13. The van der Waals surface area contributed by atoms with Crippen LogP contribution in [0.4, 0.5) is 23.1 Å². The van der Waals surface area contributed by atoms with Crippen LogP contribution in [0.1, 0.15) is 23.7 Å². The molecule has 0 radical (unpaired) electrons. The van der Waals surface area contributed by atoms with Crippen molar-refractivity contribution in [3.05, 3.63) is 71.4 Å². The van der Waals surface area contributed by atoms with Gasteiger partial charge in [-0.15, -0.1) is 0 Å². The first-order valence-corrected chi connectivity index (χ1v) is 8.16. The highest BCUT2D eigenvalue weighted by Gasteiger charge is 2.07. The molecule has 2 aromatic carbocycles. The molecule has 0 aliphatic heterocycles. The van der Waals surface area contributed by atoms with Gasteiger partial charge in [0.25, 0.3) is 0 Å². The first-order valence-electron chi connectivity index (χ1n) is 8.16. The van der Waals surface area contributed by atoms with Crippen molar-refractivity contribution in [1.29, 1.82) is 5.26 Å². The summed E-state index contributed by atoms with van der Waals surface area (Å²) in [6.07, 6.45) is 0.938. The topological polar surface area (TPSA) is 73.6 Å². The molecule has 0 amide bonds. The molecule has 25 heavy (non-hydrogen) atoms. The number of aromatic nitrogens is 2. The molecule has 0 aliphatic rings. The molecule has 0 fully saturated rings. The molecule has 0 bridgehead atoms. The zero-order chi connectivity index (χ0) is 17.6. The highest BCUT2D eigenvalue weighted by molar-refractivity contribution is 5.65. The fourth-order valence-electron chi connectivity index (χ4n) is 2.59. The number of anilines is 4. The number of nitrogens with zero attached hydrogens (tertiary/aromatic N) is 3. The van der Waals surface area contributed by atoms with Crippen molar-refractivity contribution < 1.29 is 0 Å². The number of benzene rings is 2. The lowest BCUT2D eigenvalue weighted by Crippen LogP contribution is -2.04. The average Bonchev–Trinajstić information content (AvgIpc) is 2.62. The predicted octanol–water partition coefficient (Wildman–Crippen LogP) is 4.71. The Hall–Kier alpha value is -3.39. The Balaban J connectivity index is 1.89. The number of nitriles is 1. The van der Waals surface area contributed by atoms with Crippen LogP contribution in [0.3, 0.4) is 0 Å². The second-order valence-electron chi connectivity index (χ2n) is 5.64. The molecule has 1 aromatic heterocycles. The van der Waals surface area contributed by atoms with Crippen LogP contribution in [-0.4, -0.2) is 9.97 Å². The van der Waals surface area contributed by atoms with Gasteiger partial charge in [0, 0.05) is 17.4 Å². The van der Waals surface area contributed by atoms with Crippen LogP contribution in [-0.2, 0) is 6.42 Å². The minimum atomic E-state index is 0.458. The van der Waals surface area contributed by atoms with Crippen molar-refractivity contribution in [3.8, 4) is 6.07 Å². The highest BCUT2D eigenvalue weighted by Crippen LogP contribution is 2.23. The van der Waals surface area contributed by atoms with Crippen LogP contribution in [0.2, 0.25) is 0 Å². The molecule has 0 atom stereocenters. The van der Waals surface area contributed by atoms with E-state index in [2.05, 4.69) is 39.7 Å². The molecule has 0 unspecified atom stereocenters. The van der Waals surface area contributed by atoms with Crippen LogP contribution in [0, 0.1) is 18.3 Å². The van der Waals surface area contributed by atoms with E-state index in [1.54, 1.807) is 6.07 Å². The van der Waals surface area contributed by atoms with Crippen LogP contribution < -0.4 is 10.6 Å². The van der Waals surface area contributed by atoms with Gasteiger partial charge in [-0.3, -0.25) is 0 Å². The summed E-state index contributed by atoms with van der Waals surface area (Å²) in [6, 6.07) is 19.5. The second kappa shape index (κ2) is 7.45. The number of rotatable bonds is 5. The maximum absolute atomic E-state index is 9.21. The zero-order valence-electron chi connectivity index (χ0n) is 14.2. The standard InChI is InChI=1S/C20H19N5/c1-3-15-8-4-6-10-17(15)23-19-12-14(2)22-20(25-19)24-18-11-7-5-9-16(18)13-21/h4-12H,3H2,1-2H3,(H2,22,23,24,25). The number of hydrogen-bond acceptors (Lipinski definition) is 5. The lowest BCUT2D eigenvalue weighted by molar-refractivity contribution is 1.10. The number of hydrogen-bond donors (Lipinski definition) is 2. The van der Waals surface area contributed by atoms with Crippen molar-refractivity contribution in [2.24, 2.45) is 0 Å². The van der Waals surface area contributed by atoms with Crippen LogP contribution in [0.5, 0.6) is 0 Å². The fraction of sp³-hybridized carbons (Fsp3) is 0.150. The van der Waals surface area contributed by atoms with Gasteiger partial charge >= 0.3 is 0 Å². The Bertz CT molecular complexity index is 927. The van der Waals surface area contributed by atoms with Crippen molar-refractivity contribution in [2.45, 2.75) is 20.3 Å². The molecule has 0 saturated heterocycles. The molecule has 3 aromatic rings. The SMILES string of the molecule is CCc1ccccc1Nc1cc(C)nc(Nc2ccccc2C#N)n1. The Morgan fingerprint density at radius 3 is 2.44 bits per heavy atom. The number of aryl methyl sites for hydroxylation is 2. The van der Waals surface area contributed by atoms with E-state index in [1.165, 1.54) is 5.56 Å². The normalized spacial score (nSPS) is 10.1. The minimum Gasteiger partial charge on any atom is -0.340 e. The molecular formula is C20H19N5. The quantitative estimate of drug-likeness (QED) is 0.709. The molecule has 5 heteroatoms. The largest absolute Gasteiger partial charge is 0.340 e. The van der Waals surface area contributed by atoms with Gasteiger partial charge in [0.2, 0.25) is 5.95 Å². The molecule has 1 heterocycles. The molecule has 0 saturated carbocycles. The van der Waals surface area contributed by atoms with Crippen molar-refractivity contribution in [1.82, 2.24) is 9.97 Å². The fourth-order valence-corrected chi connectivity index (χ4v) is 2.59.